The predicted octanol–water partition coefficient (Wildman–Crippen LogP) is 1.17. The molecule has 0 unspecified atom stereocenters. The highest BCUT2D eigenvalue weighted by atomic mass is 35.7. The van der Waals surface area contributed by atoms with Gasteiger partial charge in [0.1, 0.15) is 4.90 Å². The first-order valence-corrected chi connectivity index (χ1v) is 5.88. The fraction of sp³-hybridized carbons (Fsp3) is 0.500. The van der Waals surface area contributed by atoms with Crippen molar-refractivity contribution in [1.82, 2.24) is 9.78 Å². The van der Waals surface area contributed by atoms with Crippen molar-refractivity contribution in [1.29, 1.82) is 0 Å². The Hall–Kier alpha value is -0.620. The van der Waals surface area contributed by atoms with Crippen molar-refractivity contribution in [2.24, 2.45) is 0 Å². The van der Waals surface area contributed by atoms with Crippen molar-refractivity contribution in [2.75, 3.05) is 6.67 Å². The molecule has 1 rings (SSSR count). The van der Waals surface area contributed by atoms with E-state index in [9.17, 15) is 12.8 Å². The normalized spacial score (nSPS) is 11.8. The summed E-state index contributed by atoms with van der Waals surface area (Å²) in [4.78, 5) is -0.0620. The molecule has 0 aromatic carbocycles. The molecule has 0 saturated heterocycles. The molecular weight excluding hydrogens is 219 g/mol. The number of alkyl halides is 1. The molecule has 1 heterocycles. The highest BCUT2D eigenvalue weighted by molar-refractivity contribution is 8.13. The van der Waals surface area contributed by atoms with Crippen molar-refractivity contribution in [3.63, 3.8) is 0 Å². The minimum Gasteiger partial charge on any atom is -0.271 e. The zero-order chi connectivity index (χ0) is 9.90. The molecule has 0 bridgehead atoms. The second kappa shape index (κ2) is 4.06. The van der Waals surface area contributed by atoms with Crippen LogP contribution in [0.15, 0.2) is 17.3 Å². The van der Waals surface area contributed by atoms with Crippen LogP contribution in [0.2, 0.25) is 0 Å². The van der Waals surface area contributed by atoms with Crippen molar-refractivity contribution in [2.45, 2.75) is 17.9 Å². The molecule has 0 spiro atoms. The first-order valence-electron chi connectivity index (χ1n) is 3.57. The first kappa shape index (κ1) is 10.5. The lowest BCUT2D eigenvalue weighted by molar-refractivity contribution is 0.434. The molecule has 1 aromatic rings. The van der Waals surface area contributed by atoms with Gasteiger partial charge in [-0.25, -0.2) is 8.42 Å². The fourth-order valence-corrected chi connectivity index (χ4v) is 1.47. The van der Waals surface area contributed by atoms with Crippen molar-refractivity contribution in [3.05, 3.63) is 12.4 Å². The zero-order valence-corrected chi connectivity index (χ0v) is 8.22. The van der Waals surface area contributed by atoms with Gasteiger partial charge >= 0.3 is 0 Å². The quantitative estimate of drug-likeness (QED) is 0.725. The lowest BCUT2D eigenvalue weighted by Crippen LogP contribution is -1.98. The van der Waals surface area contributed by atoms with Crippen LogP contribution in [-0.4, -0.2) is 24.9 Å². The molecule has 0 fully saturated rings. The standard InChI is InChI=1S/C6H8ClFN2O2S/c7-13(11,12)6-4-9-10(5-6)3-1-2-8/h4-5H,1-3H2. The number of aromatic nitrogens is 2. The third-order valence-corrected chi connectivity index (χ3v) is 2.72. The van der Waals surface area contributed by atoms with Crippen LogP contribution in [0.3, 0.4) is 0 Å². The number of hydrogen-bond donors (Lipinski definition) is 0. The van der Waals surface area contributed by atoms with Crippen LogP contribution in [0.4, 0.5) is 4.39 Å². The maximum absolute atomic E-state index is 11.7. The largest absolute Gasteiger partial charge is 0.271 e. The van der Waals surface area contributed by atoms with Gasteiger partial charge in [0, 0.05) is 23.4 Å². The Labute approximate surface area is 79.7 Å². The SMILES string of the molecule is O=S(=O)(Cl)c1cnn(CCCF)c1. The van der Waals surface area contributed by atoms with Gasteiger partial charge in [0.25, 0.3) is 9.05 Å². The van der Waals surface area contributed by atoms with Gasteiger partial charge in [0.2, 0.25) is 0 Å². The van der Waals surface area contributed by atoms with E-state index >= 15 is 0 Å². The third-order valence-electron chi connectivity index (χ3n) is 1.41. The second-order valence-corrected chi connectivity index (χ2v) is 4.99. The summed E-state index contributed by atoms with van der Waals surface area (Å²) in [6.07, 6.45) is 2.72. The van der Waals surface area contributed by atoms with Gasteiger partial charge < -0.3 is 0 Å². The van der Waals surface area contributed by atoms with Crippen LogP contribution in [0, 0.1) is 0 Å². The molecule has 0 N–H and O–H groups in total. The van der Waals surface area contributed by atoms with Gasteiger partial charge in [-0.1, -0.05) is 0 Å². The molecule has 0 aliphatic heterocycles. The summed E-state index contributed by atoms with van der Waals surface area (Å²) in [5.74, 6) is 0. The van der Waals surface area contributed by atoms with Gasteiger partial charge in [-0.05, 0) is 6.42 Å². The number of nitrogens with zero attached hydrogens (tertiary/aromatic N) is 2. The molecule has 0 atom stereocenters. The van der Waals surface area contributed by atoms with Gasteiger partial charge in [-0.3, -0.25) is 9.07 Å². The Kier molecular flexibility index (Phi) is 3.27. The van der Waals surface area contributed by atoms with Gasteiger partial charge in [0.15, 0.2) is 0 Å². The van der Waals surface area contributed by atoms with Gasteiger partial charge in [0.05, 0.1) is 12.9 Å². The van der Waals surface area contributed by atoms with Crippen molar-refractivity contribution in [3.8, 4) is 0 Å². The summed E-state index contributed by atoms with van der Waals surface area (Å²) in [6, 6.07) is 0. The van der Waals surface area contributed by atoms with Crippen LogP contribution >= 0.6 is 10.7 Å². The predicted molar refractivity (Wildman–Crippen MR) is 45.9 cm³/mol. The number of rotatable bonds is 4. The lowest BCUT2D eigenvalue weighted by atomic mass is 10.5. The third kappa shape index (κ3) is 2.96. The van der Waals surface area contributed by atoms with Crippen LogP contribution in [0.5, 0.6) is 0 Å². The summed E-state index contributed by atoms with van der Waals surface area (Å²) >= 11 is 0. The Morgan fingerprint density at radius 1 is 1.62 bits per heavy atom. The summed E-state index contributed by atoms with van der Waals surface area (Å²) in [6.45, 7) is -0.105. The summed E-state index contributed by atoms with van der Waals surface area (Å²) in [7, 11) is 1.34. The highest BCUT2D eigenvalue weighted by Gasteiger charge is 2.11. The number of hydrogen-bond acceptors (Lipinski definition) is 3. The molecule has 13 heavy (non-hydrogen) atoms. The molecule has 0 radical (unpaired) electrons. The molecule has 74 valence electrons. The summed E-state index contributed by atoms with van der Waals surface area (Å²) in [5, 5.41) is 3.71. The summed E-state index contributed by atoms with van der Waals surface area (Å²) in [5.41, 5.74) is 0. The number of halogens is 2. The fourth-order valence-electron chi connectivity index (χ4n) is 0.815. The zero-order valence-electron chi connectivity index (χ0n) is 6.65. The minimum atomic E-state index is -3.71. The molecule has 7 heteroatoms. The lowest BCUT2D eigenvalue weighted by Gasteiger charge is -1.95. The molecule has 1 aromatic heterocycles. The van der Waals surface area contributed by atoms with Crippen LogP contribution in [0.1, 0.15) is 6.42 Å². The maximum atomic E-state index is 11.7. The van der Waals surface area contributed by atoms with Crippen molar-refractivity contribution < 1.29 is 12.8 Å². The van der Waals surface area contributed by atoms with E-state index in [-0.39, 0.29) is 4.90 Å². The molecule has 0 aliphatic rings. The van der Waals surface area contributed by atoms with Gasteiger partial charge in [-0.15, -0.1) is 0 Å². The van der Waals surface area contributed by atoms with E-state index in [0.717, 1.165) is 6.20 Å². The average Bonchev–Trinajstić information content (AvgIpc) is 2.47. The Bertz CT molecular complexity index is 376. The average molecular weight is 227 g/mol. The Morgan fingerprint density at radius 2 is 2.31 bits per heavy atom. The molecule has 0 saturated carbocycles. The Morgan fingerprint density at radius 3 is 2.77 bits per heavy atom. The smallest absolute Gasteiger partial charge is 0.264 e. The monoisotopic (exact) mass is 226 g/mol. The van der Waals surface area contributed by atoms with E-state index in [1.807, 2.05) is 0 Å². The molecule has 0 aliphatic carbocycles. The Balaban J connectivity index is 2.76. The second-order valence-electron chi connectivity index (χ2n) is 2.42. The highest BCUT2D eigenvalue weighted by Crippen LogP contribution is 2.12. The van der Waals surface area contributed by atoms with Crippen molar-refractivity contribution >= 4 is 19.7 Å². The van der Waals surface area contributed by atoms with E-state index in [1.165, 1.54) is 10.9 Å². The van der Waals surface area contributed by atoms with Gasteiger partial charge in [-0.2, -0.15) is 5.10 Å². The van der Waals surface area contributed by atoms with Crippen LogP contribution in [-0.2, 0) is 15.6 Å². The van der Waals surface area contributed by atoms with E-state index in [2.05, 4.69) is 5.10 Å². The molecule has 0 amide bonds. The van der Waals surface area contributed by atoms with Crippen LogP contribution < -0.4 is 0 Å². The topological polar surface area (TPSA) is 52.0 Å². The number of aryl methyl sites for hydroxylation is 1. The van der Waals surface area contributed by atoms with E-state index in [4.69, 9.17) is 10.7 Å². The molecule has 4 nitrogen and oxygen atoms in total. The summed E-state index contributed by atoms with van der Waals surface area (Å²) < 4.78 is 34.6. The van der Waals surface area contributed by atoms with Crippen LogP contribution in [0.25, 0.3) is 0 Å². The maximum Gasteiger partial charge on any atom is 0.264 e. The van der Waals surface area contributed by atoms with E-state index in [1.54, 1.807) is 0 Å². The molecular formula is C6H8ClFN2O2S. The van der Waals surface area contributed by atoms with E-state index in [0.29, 0.717) is 13.0 Å². The first-order chi connectivity index (χ1) is 6.04. The minimum absolute atomic E-state index is 0.0620. The van der Waals surface area contributed by atoms with E-state index < -0.39 is 15.7 Å².